The molecule has 3 amide bonds. The minimum Gasteiger partial charge on any atom is -0.352 e. The Balaban J connectivity index is 1.50. The van der Waals surface area contributed by atoms with Crippen molar-refractivity contribution in [2.24, 2.45) is 0 Å². The van der Waals surface area contributed by atoms with Gasteiger partial charge in [0.25, 0.3) is 5.91 Å². The molecule has 11 heteroatoms. The molecule has 144 valence electrons. The van der Waals surface area contributed by atoms with E-state index in [0.717, 1.165) is 19.7 Å². The lowest BCUT2D eigenvalue weighted by Crippen LogP contribution is -2.46. The zero-order chi connectivity index (χ0) is 19.9. The molecule has 0 bridgehead atoms. The van der Waals surface area contributed by atoms with Crippen LogP contribution < -0.4 is 10.6 Å². The van der Waals surface area contributed by atoms with Crippen LogP contribution >= 0.6 is 27.3 Å². The molecule has 3 aromatic heterocycles. The molecule has 0 aliphatic carbocycles. The van der Waals surface area contributed by atoms with Gasteiger partial charge in [0.1, 0.15) is 16.2 Å². The van der Waals surface area contributed by atoms with Crippen molar-refractivity contribution in [1.29, 1.82) is 0 Å². The number of nitrogens with one attached hydrogen (secondary N) is 2. The monoisotopic (exact) mass is 461 g/mol. The van der Waals surface area contributed by atoms with Gasteiger partial charge < -0.3 is 10.2 Å². The molecule has 2 N–H and O–H groups in total. The van der Waals surface area contributed by atoms with E-state index in [2.05, 4.69) is 46.5 Å². The van der Waals surface area contributed by atoms with Crippen molar-refractivity contribution < 1.29 is 9.59 Å². The Hall–Kier alpha value is -2.66. The number of amides is 3. The minimum absolute atomic E-state index is 0.301. The lowest BCUT2D eigenvalue weighted by Gasteiger charge is -2.27. The highest BCUT2D eigenvalue weighted by molar-refractivity contribution is 9.10. The first-order chi connectivity index (χ1) is 13.4. The van der Waals surface area contributed by atoms with E-state index >= 15 is 0 Å². The van der Waals surface area contributed by atoms with Gasteiger partial charge in [0, 0.05) is 31.7 Å². The molecular weight excluding hydrogens is 446 g/mol. The first-order valence-corrected chi connectivity index (χ1v) is 10.1. The predicted molar refractivity (Wildman–Crippen MR) is 109 cm³/mol. The second-order valence-corrected chi connectivity index (χ2v) is 8.53. The lowest BCUT2D eigenvalue weighted by molar-refractivity contribution is -0.125. The fourth-order valence-electron chi connectivity index (χ4n) is 2.84. The molecule has 28 heavy (non-hydrogen) atoms. The Kier molecular flexibility index (Phi) is 4.71. The highest BCUT2D eigenvalue weighted by Crippen LogP contribution is 2.33. The van der Waals surface area contributed by atoms with E-state index in [1.807, 2.05) is 6.07 Å². The van der Waals surface area contributed by atoms with Crippen LogP contribution in [-0.4, -0.2) is 55.4 Å². The van der Waals surface area contributed by atoms with E-state index in [4.69, 9.17) is 0 Å². The molecule has 0 spiro atoms. The van der Waals surface area contributed by atoms with Crippen molar-refractivity contribution in [2.75, 3.05) is 18.4 Å². The summed E-state index contributed by atoms with van der Waals surface area (Å²) >= 11 is 4.97. The summed E-state index contributed by atoms with van der Waals surface area (Å²) in [5, 5.41) is 6.19. The topological polar surface area (TPSA) is 113 Å². The van der Waals surface area contributed by atoms with Crippen molar-refractivity contribution in [3.8, 4) is 10.7 Å². The summed E-state index contributed by atoms with van der Waals surface area (Å²) in [4.78, 5) is 42.8. The summed E-state index contributed by atoms with van der Waals surface area (Å²) in [6, 6.07) is 1.46. The average Bonchev–Trinajstić information content (AvgIpc) is 3.17. The molecule has 1 aliphatic heterocycles. The number of pyridine rings is 1. The van der Waals surface area contributed by atoms with Crippen molar-refractivity contribution in [3.63, 3.8) is 0 Å². The Bertz CT molecular complexity index is 1050. The van der Waals surface area contributed by atoms with Crippen LogP contribution in [0.2, 0.25) is 0 Å². The fourth-order valence-corrected chi connectivity index (χ4v) is 4.28. The standard InChI is InChI=1S/C17H16BrN7O2S/c1-17(2)14(26)24-16(27)25(17)6-5-20-15-21-7-9(18)12(23-15)13-22-10-3-4-19-8-11(10)28-13/h3-4,7-8H,5-6H2,1-2H3,(H,20,21,23)(H,24,26,27). The number of urea groups is 1. The van der Waals surface area contributed by atoms with Gasteiger partial charge in [0.15, 0.2) is 0 Å². The molecule has 4 rings (SSSR count). The zero-order valence-electron chi connectivity index (χ0n) is 15.1. The highest BCUT2D eigenvalue weighted by atomic mass is 79.9. The molecule has 9 nitrogen and oxygen atoms in total. The normalized spacial score (nSPS) is 15.9. The number of thiazole rings is 1. The van der Waals surface area contributed by atoms with E-state index in [0.29, 0.717) is 24.7 Å². The van der Waals surface area contributed by atoms with E-state index < -0.39 is 11.6 Å². The van der Waals surface area contributed by atoms with Crippen LogP contribution in [0.4, 0.5) is 10.7 Å². The third-order valence-electron chi connectivity index (χ3n) is 4.45. The molecule has 1 saturated heterocycles. The van der Waals surface area contributed by atoms with Crippen molar-refractivity contribution in [2.45, 2.75) is 19.4 Å². The summed E-state index contributed by atoms with van der Waals surface area (Å²) in [7, 11) is 0. The third kappa shape index (κ3) is 3.31. The molecule has 4 heterocycles. The van der Waals surface area contributed by atoms with E-state index in [1.165, 1.54) is 16.2 Å². The van der Waals surface area contributed by atoms with E-state index in [1.54, 1.807) is 32.4 Å². The number of nitrogens with zero attached hydrogens (tertiary/aromatic N) is 5. The highest BCUT2D eigenvalue weighted by Gasteiger charge is 2.44. The van der Waals surface area contributed by atoms with E-state index in [9.17, 15) is 9.59 Å². The van der Waals surface area contributed by atoms with Gasteiger partial charge in [-0.25, -0.2) is 19.7 Å². The number of carbonyl (C=O) groups excluding carboxylic acids is 2. The third-order valence-corrected chi connectivity index (χ3v) is 6.05. The van der Waals surface area contributed by atoms with Gasteiger partial charge in [-0.3, -0.25) is 15.1 Å². The Morgan fingerprint density at radius 1 is 1.29 bits per heavy atom. The molecule has 0 unspecified atom stereocenters. The molecule has 0 aromatic carbocycles. The van der Waals surface area contributed by atoms with Gasteiger partial charge in [0.05, 0.1) is 14.7 Å². The van der Waals surface area contributed by atoms with Crippen LogP contribution in [0.3, 0.4) is 0 Å². The SMILES string of the molecule is CC1(C)C(=O)NC(=O)N1CCNc1ncc(Br)c(-c2nc3ccncc3s2)n1. The first-order valence-electron chi connectivity index (χ1n) is 8.46. The summed E-state index contributed by atoms with van der Waals surface area (Å²) in [5.74, 6) is 0.115. The summed E-state index contributed by atoms with van der Waals surface area (Å²) in [5.41, 5.74) is 0.662. The molecule has 0 atom stereocenters. The number of aromatic nitrogens is 4. The second-order valence-electron chi connectivity index (χ2n) is 6.65. The maximum Gasteiger partial charge on any atom is 0.325 e. The van der Waals surface area contributed by atoms with Crippen LogP contribution in [0.1, 0.15) is 13.8 Å². The Labute approximate surface area is 172 Å². The van der Waals surface area contributed by atoms with Crippen LogP contribution in [-0.2, 0) is 4.79 Å². The van der Waals surface area contributed by atoms with Crippen molar-refractivity contribution in [3.05, 3.63) is 29.1 Å². The lowest BCUT2D eigenvalue weighted by atomic mass is 10.0. The molecule has 1 aliphatic rings. The maximum absolute atomic E-state index is 11.9. The van der Waals surface area contributed by atoms with Crippen LogP contribution in [0.15, 0.2) is 29.1 Å². The number of anilines is 1. The smallest absolute Gasteiger partial charge is 0.325 e. The quantitative estimate of drug-likeness (QED) is 0.561. The summed E-state index contributed by atoms with van der Waals surface area (Å²) in [6.07, 6.45) is 5.13. The number of hydrogen-bond acceptors (Lipinski definition) is 8. The fraction of sp³-hybridized carbons (Fsp3) is 0.294. The minimum atomic E-state index is -0.875. The molecule has 3 aromatic rings. The summed E-state index contributed by atoms with van der Waals surface area (Å²) < 4.78 is 1.71. The molecule has 0 radical (unpaired) electrons. The number of halogens is 1. The van der Waals surface area contributed by atoms with Gasteiger partial charge in [0.2, 0.25) is 5.95 Å². The second kappa shape index (κ2) is 7.06. The number of imide groups is 1. The molecule has 0 saturated carbocycles. The van der Waals surface area contributed by atoms with Gasteiger partial charge in [-0.1, -0.05) is 0 Å². The average molecular weight is 462 g/mol. The number of carbonyl (C=O) groups is 2. The summed E-state index contributed by atoms with van der Waals surface area (Å²) in [6.45, 7) is 4.16. The maximum atomic E-state index is 11.9. The largest absolute Gasteiger partial charge is 0.352 e. The zero-order valence-corrected chi connectivity index (χ0v) is 17.5. The van der Waals surface area contributed by atoms with Gasteiger partial charge in [-0.05, 0) is 35.8 Å². The first kappa shape index (κ1) is 18.7. The Morgan fingerprint density at radius 2 is 2.11 bits per heavy atom. The number of fused-ring (bicyclic) bond motifs is 1. The molecule has 1 fully saturated rings. The van der Waals surface area contributed by atoms with Crippen molar-refractivity contribution >= 4 is 55.4 Å². The van der Waals surface area contributed by atoms with Crippen molar-refractivity contribution in [1.82, 2.24) is 30.2 Å². The van der Waals surface area contributed by atoms with E-state index in [-0.39, 0.29) is 5.91 Å². The van der Waals surface area contributed by atoms with Crippen LogP contribution in [0, 0.1) is 0 Å². The number of rotatable bonds is 5. The van der Waals surface area contributed by atoms with Gasteiger partial charge >= 0.3 is 6.03 Å². The van der Waals surface area contributed by atoms with Crippen LogP contribution in [0.5, 0.6) is 0 Å². The van der Waals surface area contributed by atoms with Gasteiger partial charge in [-0.2, -0.15) is 0 Å². The predicted octanol–water partition coefficient (Wildman–Crippen LogP) is 2.65. The van der Waals surface area contributed by atoms with Gasteiger partial charge in [-0.15, -0.1) is 11.3 Å². The number of hydrogen-bond donors (Lipinski definition) is 2. The Morgan fingerprint density at radius 3 is 2.82 bits per heavy atom. The van der Waals surface area contributed by atoms with Crippen LogP contribution in [0.25, 0.3) is 20.9 Å². The molecular formula is C17H16BrN7O2S.